The van der Waals surface area contributed by atoms with Crippen molar-refractivity contribution in [2.45, 2.75) is 70.4 Å². The summed E-state index contributed by atoms with van der Waals surface area (Å²) >= 11 is 0. The number of nitrogens with zero attached hydrogens (tertiary/aromatic N) is 2. The number of ether oxygens (including phenoxy) is 1. The van der Waals surface area contributed by atoms with Gasteiger partial charge in [-0.05, 0) is 62.6 Å². The van der Waals surface area contributed by atoms with Crippen LogP contribution in [-0.4, -0.2) is 63.8 Å². The minimum atomic E-state index is -4.82. The van der Waals surface area contributed by atoms with Gasteiger partial charge in [0, 0.05) is 31.1 Å². The second-order valence-electron chi connectivity index (χ2n) is 11.1. The van der Waals surface area contributed by atoms with Crippen molar-refractivity contribution in [3.8, 4) is 0 Å². The van der Waals surface area contributed by atoms with Gasteiger partial charge in [0.1, 0.15) is 23.9 Å². The molecule has 2 aliphatic rings. The van der Waals surface area contributed by atoms with Crippen LogP contribution in [0.3, 0.4) is 0 Å². The van der Waals surface area contributed by atoms with Crippen molar-refractivity contribution in [2.24, 2.45) is 0 Å². The molecule has 4 rings (SSSR count). The highest BCUT2D eigenvalue weighted by atomic mass is 19.4. The average Bonchev–Trinajstić information content (AvgIpc) is 3.38. The van der Waals surface area contributed by atoms with Gasteiger partial charge in [-0.1, -0.05) is 18.2 Å². The van der Waals surface area contributed by atoms with Crippen LogP contribution in [-0.2, 0) is 42.5 Å². The smallest absolute Gasteiger partial charge is 0.418 e. The summed E-state index contributed by atoms with van der Waals surface area (Å²) in [5.74, 6) is -3.73. The van der Waals surface area contributed by atoms with Crippen molar-refractivity contribution < 1.29 is 46.3 Å². The highest BCUT2D eigenvalue weighted by Gasteiger charge is 2.58. The van der Waals surface area contributed by atoms with Gasteiger partial charge in [-0.25, -0.2) is 14.1 Å². The van der Waals surface area contributed by atoms with Gasteiger partial charge in [-0.2, -0.15) is 13.2 Å². The van der Waals surface area contributed by atoms with Crippen LogP contribution in [0.4, 0.5) is 28.0 Å². The molecule has 0 bridgehead atoms. The normalized spacial score (nSPS) is 18.7. The largest absolute Gasteiger partial charge is 0.427 e. The van der Waals surface area contributed by atoms with E-state index in [0.29, 0.717) is 26.6 Å². The SMILES string of the molecule is CC(=O)NC(=O)C(C)(C)Nc1ccc2c(c1)CC[C@@]21OC(=O)N(CC(=O)N(Cc2ccc(F)cc2)[C@@H](C)C(F)(F)F)C1=O. The molecule has 0 saturated carbocycles. The van der Waals surface area contributed by atoms with Crippen molar-refractivity contribution in [3.05, 3.63) is 65.0 Å². The lowest BCUT2D eigenvalue weighted by atomic mass is 9.94. The molecule has 14 heteroatoms. The average molecular weight is 607 g/mol. The summed E-state index contributed by atoms with van der Waals surface area (Å²) in [7, 11) is 0. The number of amides is 5. The van der Waals surface area contributed by atoms with Gasteiger partial charge in [0.15, 0.2) is 0 Å². The fourth-order valence-electron chi connectivity index (χ4n) is 5.09. The number of aryl methyl sites for hydroxylation is 1. The van der Waals surface area contributed by atoms with E-state index >= 15 is 0 Å². The van der Waals surface area contributed by atoms with Crippen LogP contribution in [0.2, 0.25) is 0 Å². The van der Waals surface area contributed by atoms with Gasteiger partial charge in [0.05, 0.1) is 0 Å². The zero-order chi connectivity index (χ0) is 31.9. The standard InChI is InChI=1S/C29H30F4N4O6/c1-16(29(31,32)33)36(14-18-5-7-20(30)8-6-18)23(39)15-37-25(41)28(43-26(37)42)12-11-19-13-21(9-10-22(19)28)35-27(3,4)24(40)34-17(2)38/h5-10,13,16,35H,11-12,14-15H2,1-4H3,(H,34,38,40)/t16-,28+/m0/s1. The number of carbonyl (C=O) groups is 5. The molecule has 1 spiro atoms. The number of anilines is 1. The molecule has 1 aliphatic carbocycles. The molecule has 0 radical (unpaired) electrons. The lowest BCUT2D eigenvalue weighted by Crippen LogP contribution is -2.51. The van der Waals surface area contributed by atoms with Crippen LogP contribution in [0.5, 0.6) is 0 Å². The first-order valence-corrected chi connectivity index (χ1v) is 13.3. The Kier molecular flexibility index (Phi) is 8.27. The van der Waals surface area contributed by atoms with E-state index in [-0.39, 0.29) is 18.4 Å². The van der Waals surface area contributed by atoms with Crippen molar-refractivity contribution in [3.63, 3.8) is 0 Å². The van der Waals surface area contributed by atoms with Gasteiger partial charge in [-0.15, -0.1) is 0 Å². The van der Waals surface area contributed by atoms with Crippen LogP contribution in [0, 0.1) is 5.82 Å². The van der Waals surface area contributed by atoms with Crippen molar-refractivity contribution >= 4 is 35.4 Å². The Balaban J connectivity index is 1.54. The van der Waals surface area contributed by atoms with Crippen molar-refractivity contribution in [1.82, 2.24) is 15.1 Å². The number of alkyl halides is 3. The van der Waals surface area contributed by atoms with E-state index in [1.54, 1.807) is 26.0 Å². The van der Waals surface area contributed by atoms with E-state index < -0.39 is 72.0 Å². The number of fused-ring (bicyclic) bond motifs is 2. The fraction of sp³-hybridized carbons (Fsp3) is 0.414. The van der Waals surface area contributed by atoms with Crippen LogP contribution in [0.25, 0.3) is 0 Å². The minimum Gasteiger partial charge on any atom is -0.427 e. The van der Waals surface area contributed by atoms with Crippen LogP contribution in [0.15, 0.2) is 42.5 Å². The van der Waals surface area contributed by atoms with Crippen molar-refractivity contribution in [1.29, 1.82) is 0 Å². The number of carbonyl (C=O) groups excluding carboxylic acids is 5. The molecule has 2 N–H and O–H groups in total. The number of rotatable bonds is 8. The van der Waals surface area contributed by atoms with Gasteiger partial charge in [0.2, 0.25) is 17.4 Å². The molecule has 1 fully saturated rings. The maximum Gasteiger partial charge on any atom is 0.418 e. The zero-order valence-electron chi connectivity index (χ0n) is 23.8. The topological polar surface area (TPSA) is 125 Å². The Bertz CT molecular complexity index is 1480. The molecule has 43 heavy (non-hydrogen) atoms. The first kappa shape index (κ1) is 31.4. The fourth-order valence-corrected chi connectivity index (χ4v) is 5.09. The maximum absolute atomic E-state index is 13.7. The van der Waals surface area contributed by atoms with Gasteiger partial charge in [-0.3, -0.25) is 24.5 Å². The Morgan fingerprint density at radius 3 is 2.35 bits per heavy atom. The van der Waals surface area contributed by atoms with E-state index in [4.69, 9.17) is 4.74 Å². The van der Waals surface area contributed by atoms with E-state index in [9.17, 15) is 41.5 Å². The molecular formula is C29H30F4N4O6. The number of hydrogen-bond donors (Lipinski definition) is 2. The number of benzene rings is 2. The molecule has 2 atom stereocenters. The summed E-state index contributed by atoms with van der Waals surface area (Å²) in [4.78, 5) is 64.2. The van der Waals surface area contributed by atoms with E-state index in [2.05, 4.69) is 10.6 Å². The van der Waals surface area contributed by atoms with Crippen LogP contribution in [0.1, 0.15) is 50.8 Å². The minimum absolute atomic E-state index is 0.0352. The molecule has 2 aromatic carbocycles. The summed E-state index contributed by atoms with van der Waals surface area (Å²) in [6.07, 6.45) is -5.66. The molecular weight excluding hydrogens is 576 g/mol. The van der Waals surface area contributed by atoms with Gasteiger partial charge >= 0.3 is 12.3 Å². The Morgan fingerprint density at radius 2 is 1.74 bits per heavy atom. The zero-order valence-corrected chi connectivity index (χ0v) is 23.8. The summed E-state index contributed by atoms with van der Waals surface area (Å²) in [6, 6.07) is 7.04. The molecule has 230 valence electrons. The molecule has 5 amide bonds. The third kappa shape index (κ3) is 6.32. The summed E-state index contributed by atoms with van der Waals surface area (Å²) < 4.78 is 59.8. The first-order chi connectivity index (χ1) is 19.9. The predicted molar refractivity (Wildman–Crippen MR) is 144 cm³/mol. The lowest BCUT2D eigenvalue weighted by Gasteiger charge is -2.31. The van der Waals surface area contributed by atoms with E-state index in [1.807, 2.05) is 0 Å². The summed E-state index contributed by atoms with van der Waals surface area (Å²) in [5.41, 5.74) is -1.27. The van der Waals surface area contributed by atoms with Gasteiger partial charge in [0.25, 0.3) is 11.8 Å². The lowest BCUT2D eigenvalue weighted by molar-refractivity contribution is -0.187. The van der Waals surface area contributed by atoms with E-state index in [1.165, 1.54) is 25.1 Å². The molecule has 10 nitrogen and oxygen atoms in total. The second-order valence-corrected chi connectivity index (χ2v) is 11.1. The predicted octanol–water partition coefficient (Wildman–Crippen LogP) is 3.78. The quantitative estimate of drug-likeness (QED) is 0.439. The number of imide groups is 2. The Labute approximate surface area is 244 Å². The van der Waals surface area contributed by atoms with Crippen LogP contribution < -0.4 is 10.6 Å². The Morgan fingerprint density at radius 1 is 1.09 bits per heavy atom. The monoisotopic (exact) mass is 606 g/mol. The van der Waals surface area contributed by atoms with Crippen LogP contribution >= 0.6 is 0 Å². The molecule has 2 aromatic rings. The number of halogens is 4. The maximum atomic E-state index is 13.7. The number of hydrogen-bond acceptors (Lipinski definition) is 7. The van der Waals surface area contributed by atoms with E-state index in [0.717, 1.165) is 19.1 Å². The highest BCUT2D eigenvalue weighted by Crippen LogP contribution is 2.46. The third-order valence-electron chi connectivity index (χ3n) is 7.49. The van der Waals surface area contributed by atoms with Crippen molar-refractivity contribution in [2.75, 3.05) is 11.9 Å². The molecule has 0 aromatic heterocycles. The molecule has 1 saturated heterocycles. The third-order valence-corrected chi connectivity index (χ3v) is 7.49. The first-order valence-electron chi connectivity index (χ1n) is 13.3. The molecule has 1 aliphatic heterocycles. The molecule has 1 heterocycles. The Hall–Kier alpha value is -4.49. The highest BCUT2D eigenvalue weighted by molar-refractivity contribution is 6.06. The second kappa shape index (κ2) is 11.3. The summed E-state index contributed by atoms with van der Waals surface area (Å²) in [6.45, 7) is 3.58. The summed E-state index contributed by atoms with van der Waals surface area (Å²) in [5, 5.41) is 5.22. The number of nitrogens with one attached hydrogen (secondary N) is 2. The molecule has 0 unspecified atom stereocenters. The van der Waals surface area contributed by atoms with Gasteiger partial charge < -0.3 is 15.0 Å².